The van der Waals surface area contributed by atoms with E-state index in [4.69, 9.17) is 14.2 Å². The minimum atomic E-state index is -1.15. The number of allylic oxidation sites excluding steroid dienone is 2. The van der Waals surface area contributed by atoms with Crippen LogP contribution in [0.1, 0.15) is 125 Å². The average molecular weight is 441 g/mol. The van der Waals surface area contributed by atoms with E-state index in [0.29, 0.717) is 0 Å². The minimum absolute atomic E-state index is 0.197. The molecule has 0 aromatic rings. The van der Waals surface area contributed by atoms with Crippen LogP contribution in [-0.2, 0) is 23.8 Å². The number of ether oxygens (including phenoxy) is 3. The van der Waals surface area contributed by atoms with Crippen LogP contribution in [0.15, 0.2) is 12.2 Å². The Morgan fingerprint density at radius 3 is 1.61 bits per heavy atom. The summed E-state index contributed by atoms with van der Waals surface area (Å²) in [5, 5.41) is 0. The highest BCUT2D eigenvalue weighted by atomic mass is 16.7. The molecule has 0 fully saturated rings. The van der Waals surface area contributed by atoms with Gasteiger partial charge in [0.25, 0.3) is 6.29 Å². The van der Waals surface area contributed by atoms with Gasteiger partial charge in [0.1, 0.15) is 0 Å². The standard InChI is InChI=1S/C26H48O5/c1-6-7-8-9-10-11-12-13-14-15-16-17-18-19-20-21-24(27)31-25(28)26(29-22(2)3)30-23(4)5/h13-14,22-23,26H,6-12,15-21H2,1-5H3/b14-13-. The maximum Gasteiger partial charge on any atom is 0.371 e. The first-order valence-corrected chi connectivity index (χ1v) is 12.6. The second-order valence-corrected chi connectivity index (χ2v) is 8.83. The average Bonchev–Trinajstić information content (AvgIpc) is 2.69. The van der Waals surface area contributed by atoms with Crippen molar-refractivity contribution in [2.45, 2.75) is 143 Å². The number of unbranched alkanes of at least 4 members (excludes halogenated alkanes) is 11. The van der Waals surface area contributed by atoms with Gasteiger partial charge in [0, 0.05) is 6.42 Å². The number of hydrogen-bond donors (Lipinski definition) is 0. The van der Waals surface area contributed by atoms with Crippen LogP contribution in [0.5, 0.6) is 0 Å². The molecule has 0 aromatic carbocycles. The van der Waals surface area contributed by atoms with Crippen molar-refractivity contribution in [3.05, 3.63) is 12.2 Å². The first-order chi connectivity index (χ1) is 14.9. The molecule has 0 bridgehead atoms. The number of carbonyl (C=O) groups is 2. The molecule has 0 aromatic heterocycles. The molecule has 0 aliphatic heterocycles. The Morgan fingerprint density at radius 1 is 0.677 bits per heavy atom. The third kappa shape index (κ3) is 20.5. The van der Waals surface area contributed by atoms with E-state index in [1.165, 1.54) is 57.8 Å². The van der Waals surface area contributed by atoms with Gasteiger partial charge in [0.15, 0.2) is 0 Å². The maximum absolute atomic E-state index is 12.1. The topological polar surface area (TPSA) is 61.8 Å². The van der Waals surface area contributed by atoms with Gasteiger partial charge < -0.3 is 14.2 Å². The van der Waals surface area contributed by atoms with Gasteiger partial charge in [0.05, 0.1) is 12.2 Å². The summed E-state index contributed by atoms with van der Waals surface area (Å²) in [6, 6.07) is 0. The normalized spacial score (nSPS) is 11.9. The molecule has 0 saturated carbocycles. The monoisotopic (exact) mass is 440 g/mol. The highest BCUT2D eigenvalue weighted by Gasteiger charge is 2.26. The molecule has 182 valence electrons. The lowest BCUT2D eigenvalue weighted by atomic mass is 10.1. The van der Waals surface area contributed by atoms with Gasteiger partial charge >= 0.3 is 11.9 Å². The van der Waals surface area contributed by atoms with Crippen LogP contribution in [-0.4, -0.2) is 30.4 Å². The van der Waals surface area contributed by atoms with E-state index in [9.17, 15) is 9.59 Å². The van der Waals surface area contributed by atoms with Gasteiger partial charge in [-0.3, -0.25) is 4.79 Å². The van der Waals surface area contributed by atoms with Crippen molar-refractivity contribution in [2.75, 3.05) is 0 Å². The molecular formula is C26H48O5. The molecule has 0 saturated heterocycles. The Labute approximate surface area is 191 Å². The summed E-state index contributed by atoms with van der Waals surface area (Å²) in [7, 11) is 0. The second-order valence-electron chi connectivity index (χ2n) is 8.83. The van der Waals surface area contributed by atoms with Gasteiger partial charge in [-0.05, 0) is 59.8 Å². The van der Waals surface area contributed by atoms with E-state index >= 15 is 0 Å². The van der Waals surface area contributed by atoms with Gasteiger partial charge in [-0.15, -0.1) is 0 Å². The molecule has 5 heteroatoms. The SMILES string of the molecule is CCCCCCCC/C=C\CCCCCCCC(=O)OC(=O)C(OC(C)C)OC(C)C. The zero-order valence-corrected chi connectivity index (χ0v) is 20.8. The van der Waals surface area contributed by atoms with Crippen LogP contribution in [0.2, 0.25) is 0 Å². The summed E-state index contributed by atoms with van der Waals surface area (Å²) in [5.41, 5.74) is 0. The summed E-state index contributed by atoms with van der Waals surface area (Å²) in [6.07, 6.45) is 19.0. The maximum atomic E-state index is 12.1. The fraction of sp³-hybridized carbons (Fsp3) is 0.846. The quantitative estimate of drug-likeness (QED) is 0.0655. The van der Waals surface area contributed by atoms with Gasteiger partial charge in [-0.2, -0.15) is 0 Å². The second kappa shape index (κ2) is 20.7. The van der Waals surface area contributed by atoms with Crippen molar-refractivity contribution in [1.29, 1.82) is 0 Å². The van der Waals surface area contributed by atoms with Crippen LogP contribution >= 0.6 is 0 Å². The van der Waals surface area contributed by atoms with Crippen molar-refractivity contribution in [1.82, 2.24) is 0 Å². The number of rotatable bonds is 20. The lowest BCUT2D eigenvalue weighted by Crippen LogP contribution is -2.35. The Hall–Kier alpha value is -1.20. The van der Waals surface area contributed by atoms with Gasteiger partial charge in [-0.1, -0.05) is 70.4 Å². The number of esters is 2. The number of carbonyl (C=O) groups excluding carboxylic acids is 2. The first kappa shape index (κ1) is 29.8. The molecule has 0 spiro atoms. The third-order valence-corrected chi connectivity index (χ3v) is 4.84. The largest absolute Gasteiger partial charge is 0.389 e. The third-order valence-electron chi connectivity index (χ3n) is 4.84. The summed E-state index contributed by atoms with van der Waals surface area (Å²) < 4.78 is 15.7. The molecule has 0 aliphatic rings. The van der Waals surface area contributed by atoms with Gasteiger partial charge in [-0.25, -0.2) is 4.79 Å². The van der Waals surface area contributed by atoms with E-state index in [1.54, 1.807) is 27.7 Å². The van der Waals surface area contributed by atoms with E-state index in [1.807, 2.05) is 0 Å². The fourth-order valence-corrected chi connectivity index (χ4v) is 3.19. The summed E-state index contributed by atoms with van der Waals surface area (Å²) >= 11 is 0. The molecule has 0 heterocycles. The van der Waals surface area contributed by atoms with E-state index in [-0.39, 0.29) is 18.6 Å². The molecule has 0 unspecified atom stereocenters. The van der Waals surface area contributed by atoms with Crippen molar-refractivity contribution >= 4 is 11.9 Å². The van der Waals surface area contributed by atoms with Crippen molar-refractivity contribution < 1.29 is 23.8 Å². The zero-order chi connectivity index (χ0) is 23.3. The molecule has 0 atom stereocenters. The van der Waals surface area contributed by atoms with Crippen LogP contribution in [0.25, 0.3) is 0 Å². The van der Waals surface area contributed by atoms with Crippen LogP contribution in [0, 0.1) is 0 Å². The number of hydrogen-bond acceptors (Lipinski definition) is 5. The predicted octanol–water partition coefficient (Wildman–Crippen LogP) is 7.27. The van der Waals surface area contributed by atoms with Gasteiger partial charge in [0.2, 0.25) is 0 Å². The minimum Gasteiger partial charge on any atom is -0.389 e. The van der Waals surface area contributed by atoms with Crippen LogP contribution in [0.4, 0.5) is 0 Å². The summed E-state index contributed by atoms with van der Waals surface area (Å²) in [4.78, 5) is 24.0. The van der Waals surface area contributed by atoms with Crippen LogP contribution in [0.3, 0.4) is 0 Å². The molecule has 5 nitrogen and oxygen atoms in total. The fourth-order valence-electron chi connectivity index (χ4n) is 3.19. The molecule has 0 aliphatic carbocycles. The molecule has 0 rings (SSSR count). The molecule has 0 amide bonds. The highest BCUT2D eigenvalue weighted by molar-refractivity contribution is 5.87. The van der Waals surface area contributed by atoms with Crippen molar-refractivity contribution in [3.8, 4) is 0 Å². The highest BCUT2D eigenvalue weighted by Crippen LogP contribution is 2.11. The first-order valence-electron chi connectivity index (χ1n) is 12.6. The zero-order valence-electron chi connectivity index (χ0n) is 20.8. The van der Waals surface area contributed by atoms with Crippen molar-refractivity contribution in [2.24, 2.45) is 0 Å². The Balaban J connectivity index is 3.68. The summed E-state index contributed by atoms with van der Waals surface area (Å²) in [6.45, 7) is 9.46. The Morgan fingerprint density at radius 2 is 1.13 bits per heavy atom. The van der Waals surface area contributed by atoms with E-state index in [2.05, 4.69) is 19.1 Å². The Kier molecular flexibility index (Phi) is 19.9. The molecule has 0 N–H and O–H groups in total. The lowest BCUT2D eigenvalue weighted by Gasteiger charge is -2.20. The van der Waals surface area contributed by atoms with E-state index in [0.717, 1.165) is 25.7 Å². The molecule has 31 heavy (non-hydrogen) atoms. The Bertz CT molecular complexity index is 460. The predicted molar refractivity (Wildman–Crippen MR) is 127 cm³/mol. The van der Waals surface area contributed by atoms with Crippen molar-refractivity contribution in [3.63, 3.8) is 0 Å². The molecule has 0 radical (unpaired) electrons. The smallest absolute Gasteiger partial charge is 0.371 e. The van der Waals surface area contributed by atoms with E-state index < -0.39 is 18.2 Å². The van der Waals surface area contributed by atoms with Crippen LogP contribution < -0.4 is 0 Å². The lowest BCUT2D eigenvalue weighted by molar-refractivity contribution is -0.212. The summed E-state index contributed by atoms with van der Waals surface area (Å²) in [5.74, 6) is -1.27. The molecular weight excluding hydrogens is 392 g/mol.